The summed E-state index contributed by atoms with van der Waals surface area (Å²) in [5.74, 6) is -0.0487. The molecule has 30 heavy (non-hydrogen) atoms. The zero-order chi connectivity index (χ0) is 21.1. The van der Waals surface area contributed by atoms with Crippen LogP contribution in [-0.4, -0.2) is 32.2 Å². The highest BCUT2D eigenvalue weighted by Crippen LogP contribution is 2.33. The number of rotatable bonds is 6. The van der Waals surface area contributed by atoms with E-state index in [4.69, 9.17) is 0 Å². The van der Waals surface area contributed by atoms with Gasteiger partial charge in [-0.15, -0.1) is 0 Å². The van der Waals surface area contributed by atoms with E-state index in [9.17, 15) is 18.0 Å². The molecule has 2 N–H and O–H groups in total. The number of carbonyl (C=O) groups is 1. The quantitative estimate of drug-likeness (QED) is 0.467. The van der Waals surface area contributed by atoms with Crippen molar-refractivity contribution in [2.45, 2.75) is 19.0 Å². The third-order valence-electron chi connectivity index (χ3n) is 4.60. The molecule has 1 amide bonds. The number of amides is 1. The van der Waals surface area contributed by atoms with Crippen molar-refractivity contribution in [1.29, 1.82) is 0 Å². The van der Waals surface area contributed by atoms with Crippen molar-refractivity contribution < 1.29 is 18.0 Å². The van der Waals surface area contributed by atoms with Crippen molar-refractivity contribution in [2.75, 3.05) is 6.54 Å². The zero-order valence-electron chi connectivity index (χ0n) is 15.8. The molecule has 0 bridgehead atoms. The van der Waals surface area contributed by atoms with Crippen LogP contribution in [-0.2, 0) is 12.6 Å². The molecule has 0 atom stereocenters. The van der Waals surface area contributed by atoms with E-state index >= 15 is 0 Å². The molecule has 9 heteroatoms. The third-order valence-corrected chi connectivity index (χ3v) is 4.60. The highest BCUT2D eigenvalue weighted by molar-refractivity contribution is 5.95. The van der Waals surface area contributed by atoms with Gasteiger partial charge in [-0.05, 0) is 30.7 Å². The molecule has 0 aliphatic rings. The number of aromatic nitrogens is 4. The second kappa shape index (κ2) is 8.02. The molecule has 4 aromatic rings. The predicted molar refractivity (Wildman–Crippen MR) is 105 cm³/mol. The number of imidazole rings is 1. The van der Waals surface area contributed by atoms with Gasteiger partial charge in [0.1, 0.15) is 5.82 Å². The molecular weight excluding hydrogens is 395 g/mol. The van der Waals surface area contributed by atoms with Crippen molar-refractivity contribution >= 4 is 16.9 Å². The third kappa shape index (κ3) is 4.05. The Hall–Kier alpha value is -3.62. The lowest BCUT2D eigenvalue weighted by atomic mass is 10.2. The highest BCUT2D eigenvalue weighted by atomic mass is 19.4. The van der Waals surface area contributed by atoms with Gasteiger partial charge in [0.2, 0.25) is 0 Å². The van der Waals surface area contributed by atoms with Crippen LogP contribution in [0.1, 0.15) is 28.3 Å². The minimum absolute atomic E-state index is 0.212. The Kier molecular flexibility index (Phi) is 5.26. The van der Waals surface area contributed by atoms with E-state index in [1.54, 1.807) is 18.2 Å². The molecule has 4 rings (SSSR count). The van der Waals surface area contributed by atoms with Crippen LogP contribution in [0.3, 0.4) is 0 Å². The van der Waals surface area contributed by atoms with Gasteiger partial charge in [-0.2, -0.15) is 18.3 Å². The van der Waals surface area contributed by atoms with Gasteiger partial charge in [0, 0.05) is 13.0 Å². The Morgan fingerprint density at radius 3 is 2.53 bits per heavy atom. The summed E-state index contributed by atoms with van der Waals surface area (Å²) in [5, 5.41) is 6.34. The van der Waals surface area contributed by atoms with E-state index in [1.165, 1.54) is 12.1 Å². The smallest absolute Gasteiger partial charge is 0.352 e. The fourth-order valence-electron chi connectivity index (χ4n) is 3.23. The van der Waals surface area contributed by atoms with Crippen LogP contribution in [0.2, 0.25) is 0 Å². The number of halogens is 3. The minimum Gasteiger partial charge on any atom is -0.352 e. The summed E-state index contributed by atoms with van der Waals surface area (Å²) in [6.07, 6.45) is -2.69. The number of aromatic amines is 1. The number of nitrogens with zero attached hydrogens (tertiary/aromatic N) is 3. The number of hydrogen-bond donors (Lipinski definition) is 2. The lowest BCUT2D eigenvalue weighted by Crippen LogP contribution is -2.27. The second-order valence-corrected chi connectivity index (χ2v) is 6.71. The number of nitrogens with one attached hydrogen (secondary N) is 2. The van der Waals surface area contributed by atoms with Crippen LogP contribution in [0, 0.1) is 0 Å². The van der Waals surface area contributed by atoms with Crippen molar-refractivity contribution in [3.05, 3.63) is 77.9 Å². The second-order valence-electron chi connectivity index (χ2n) is 6.71. The van der Waals surface area contributed by atoms with Gasteiger partial charge in [0.05, 0.1) is 28.5 Å². The van der Waals surface area contributed by atoms with E-state index in [-0.39, 0.29) is 12.2 Å². The maximum atomic E-state index is 13.6. The molecule has 0 unspecified atom stereocenters. The summed E-state index contributed by atoms with van der Waals surface area (Å²) in [7, 11) is 0. The Morgan fingerprint density at radius 1 is 1.07 bits per heavy atom. The van der Waals surface area contributed by atoms with Gasteiger partial charge >= 0.3 is 6.18 Å². The van der Waals surface area contributed by atoms with Gasteiger partial charge in [-0.3, -0.25) is 4.79 Å². The molecule has 154 valence electrons. The fraction of sp³-hybridized carbons (Fsp3) is 0.190. The van der Waals surface area contributed by atoms with Crippen molar-refractivity contribution in [1.82, 2.24) is 25.1 Å². The summed E-state index contributed by atoms with van der Waals surface area (Å²) < 4.78 is 41.7. The van der Waals surface area contributed by atoms with Gasteiger partial charge in [-0.25, -0.2) is 9.67 Å². The molecule has 2 aromatic heterocycles. The van der Waals surface area contributed by atoms with Gasteiger partial charge in [-0.1, -0.05) is 30.3 Å². The summed E-state index contributed by atoms with van der Waals surface area (Å²) in [5.41, 5.74) is 0.395. The summed E-state index contributed by atoms with van der Waals surface area (Å²) in [6.45, 7) is 0.212. The van der Waals surface area contributed by atoms with Crippen LogP contribution < -0.4 is 5.32 Å². The number of benzene rings is 2. The molecule has 2 heterocycles. The van der Waals surface area contributed by atoms with Crippen LogP contribution in [0.4, 0.5) is 13.2 Å². The Balaban J connectivity index is 1.43. The number of para-hydroxylation sites is 3. The van der Waals surface area contributed by atoms with Crippen molar-refractivity contribution in [2.24, 2.45) is 0 Å². The fourth-order valence-corrected chi connectivity index (χ4v) is 3.23. The predicted octanol–water partition coefficient (Wildman–Crippen LogP) is 4.13. The number of alkyl halides is 3. The van der Waals surface area contributed by atoms with Gasteiger partial charge < -0.3 is 10.3 Å². The monoisotopic (exact) mass is 413 g/mol. The SMILES string of the molecule is O=C(NCCCc1nc2ccccc2[nH]1)c1cnn(-c2ccccc2)c1C(F)(F)F. The summed E-state index contributed by atoms with van der Waals surface area (Å²) >= 11 is 0. The van der Waals surface area contributed by atoms with E-state index in [1.807, 2.05) is 24.3 Å². The molecule has 0 saturated heterocycles. The summed E-state index contributed by atoms with van der Waals surface area (Å²) in [4.78, 5) is 20.0. The minimum atomic E-state index is -4.73. The highest BCUT2D eigenvalue weighted by Gasteiger charge is 2.40. The number of aryl methyl sites for hydroxylation is 1. The Labute approximate surface area is 169 Å². The van der Waals surface area contributed by atoms with Crippen LogP contribution in [0.5, 0.6) is 0 Å². The molecular formula is C21H18F3N5O. The normalized spacial score (nSPS) is 11.7. The number of hydrogen-bond acceptors (Lipinski definition) is 3. The zero-order valence-corrected chi connectivity index (χ0v) is 15.8. The first-order valence-corrected chi connectivity index (χ1v) is 9.36. The van der Waals surface area contributed by atoms with E-state index < -0.39 is 23.3 Å². The van der Waals surface area contributed by atoms with Gasteiger partial charge in [0.15, 0.2) is 5.69 Å². The Morgan fingerprint density at radius 2 is 1.80 bits per heavy atom. The van der Waals surface area contributed by atoms with Crippen molar-refractivity contribution in [3.63, 3.8) is 0 Å². The molecule has 0 saturated carbocycles. The lowest BCUT2D eigenvalue weighted by molar-refractivity contribution is -0.143. The largest absolute Gasteiger partial charge is 0.434 e. The number of carbonyl (C=O) groups excluding carboxylic acids is 1. The molecule has 0 radical (unpaired) electrons. The standard InChI is InChI=1S/C21H18F3N5O/c22-21(23,24)19-15(13-26-29(19)14-7-2-1-3-8-14)20(30)25-12-6-11-18-27-16-9-4-5-10-17(16)28-18/h1-5,7-10,13H,6,11-12H2,(H,25,30)(H,27,28). The number of H-pyrrole nitrogens is 1. The maximum absolute atomic E-state index is 13.6. The van der Waals surface area contributed by atoms with Crippen LogP contribution >= 0.6 is 0 Å². The van der Waals surface area contributed by atoms with E-state index in [0.717, 1.165) is 27.7 Å². The molecule has 0 aliphatic heterocycles. The number of fused-ring (bicyclic) bond motifs is 1. The first kappa shape index (κ1) is 19.7. The topological polar surface area (TPSA) is 75.6 Å². The summed E-state index contributed by atoms with van der Waals surface area (Å²) in [6, 6.07) is 15.5. The van der Waals surface area contributed by atoms with Crippen LogP contribution in [0.25, 0.3) is 16.7 Å². The van der Waals surface area contributed by atoms with E-state index in [0.29, 0.717) is 12.8 Å². The van der Waals surface area contributed by atoms with Crippen LogP contribution in [0.15, 0.2) is 60.8 Å². The van der Waals surface area contributed by atoms with Crippen molar-refractivity contribution in [3.8, 4) is 5.69 Å². The molecule has 0 spiro atoms. The van der Waals surface area contributed by atoms with E-state index in [2.05, 4.69) is 20.4 Å². The average molecular weight is 413 g/mol. The molecule has 0 aliphatic carbocycles. The molecule has 2 aromatic carbocycles. The maximum Gasteiger partial charge on any atom is 0.434 e. The molecule has 6 nitrogen and oxygen atoms in total. The average Bonchev–Trinajstić information content (AvgIpc) is 3.35. The Bertz CT molecular complexity index is 1130. The first-order valence-electron chi connectivity index (χ1n) is 9.36. The lowest BCUT2D eigenvalue weighted by Gasteiger charge is -2.12. The van der Waals surface area contributed by atoms with Gasteiger partial charge in [0.25, 0.3) is 5.91 Å². The first-order chi connectivity index (χ1) is 14.4. The molecule has 0 fully saturated rings.